The van der Waals surface area contributed by atoms with E-state index >= 15 is 0 Å². The number of hydrogen-bond acceptors (Lipinski definition) is 6. The fraction of sp³-hybridized carbons (Fsp3) is 0. The molecule has 0 aliphatic rings. The minimum absolute atomic E-state index is 0.590. The zero-order chi connectivity index (χ0) is 93.7. The maximum absolute atomic E-state index is 6.50. The van der Waals surface area contributed by atoms with Crippen molar-refractivity contribution in [3.8, 4) is 119 Å². The highest BCUT2D eigenvalue weighted by molar-refractivity contribution is 6.24. The summed E-state index contributed by atoms with van der Waals surface area (Å²) in [4.78, 5) is 25.5. The molecule has 0 N–H and O–H groups in total. The highest BCUT2D eigenvalue weighted by Gasteiger charge is 2.26. The first-order chi connectivity index (χ1) is 70.4. The molecular weight excluding hydrogens is 1730 g/mol. The van der Waals surface area contributed by atoms with Crippen LogP contribution >= 0.6 is 0 Å². The molecule has 0 saturated carbocycles. The number of aromatic nitrogens is 10. The van der Waals surface area contributed by atoms with Crippen molar-refractivity contribution in [1.82, 2.24) is 47.8 Å². The monoisotopic (exact) mass is 1810 g/mol. The van der Waals surface area contributed by atoms with Crippen molar-refractivity contribution in [2.75, 3.05) is 0 Å². The van der Waals surface area contributed by atoms with E-state index in [1.165, 1.54) is 115 Å². The van der Waals surface area contributed by atoms with Gasteiger partial charge in [-0.25, -0.2) is 15.0 Å². The van der Waals surface area contributed by atoms with Crippen molar-refractivity contribution < 1.29 is 4.42 Å². The van der Waals surface area contributed by atoms with Crippen molar-refractivity contribution in [1.29, 1.82) is 0 Å². The normalized spacial score (nSPS) is 11.7. The van der Waals surface area contributed by atoms with Gasteiger partial charge in [0, 0.05) is 98.4 Å². The number of para-hydroxylation sites is 8. The van der Waals surface area contributed by atoms with Gasteiger partial charge in [0.05, 0.1) is 71.8 Å². The molecule has 29 aromatic rings. The van der Waals surface area contributed by atoms with E-state index in [9.17, 15) is 0 Å². The van der Waals surface area contributed by atoms with Crippen LogP contribution < -0.4 is 0 Å². The predicted octanol–water partition coefficient (Wildman–Crippen LogP) is 33.9. The Morgan fingerprint density at radius 1 is 0.155 bits per heavy atom. The summed E-state index contributed by atoms with van der Waals surface area (Å²) in [6.45, 7) is 0. The van der Waals surface area contributed by atoms with Crippen molar-refractivity contribution in [3.05, 3.63) is 510 Å². The first-order valence-corrected chi connectivity index (χ1v) is 48.1. The zero-order valence-corrected chi connectivity index (χ0v) is 76.9. The van der Waals surface area contributed by atoms with Gasteiger partial charge in [-0.15, -0.1) is 0 Å². The van der Waals surface area contributed by atoms with E-state index < -0.39 is 0 Å². The number of hydrogen-bond donors (Lipinski definition) is 0. The first-order valence-electron chi connectivity index (χ1n) is 48.1. The van der Waals surface area contributed by atoms with Gasteiger partial charge in [-0.05, 0) is 201 Å². The molecule has 664 valence electrons. The van der Waals surface area contributed by atoms with Gasteiger partial charge in [-0.1, -0.05) is 364 Å². The Kier molecular flexibility index (Phi) is 20.0. The van der Waals surface area contributed by atoms with Crippen LogP contribution in [0.15, 0.2) is 514 Å². The Balaban J connectivity index is 0.000000108. The van der Waals surface area contributed by atoms with Crippen LogP contribution in [0.5, 0.6) is 0 Å². The molecule has 0 saturated heterocycles. The van der Waals surface area contributed by atoms with Crippen molar-refractivity contribution in [3.63, 3.8) is 0 Å². The lowest BCUT2D eigenvalue weighted by molar-refractivity contribution is 0.673. The summed E-state index contributed by atoms with van der Waals surface area (Å²) in [6, 6.07) is 180. The maximum atomic E-state index is 6.50. The van der Waals surface area contributed by atoms with Crippen LogP contribution in [0.2, 0.25) is 0 Å². The minimum atomic E-state index is 0.590. The van der Waals surface area contributed by atoms with Crippen molar-refractivity contribution in [2.24, 2.45) is 0 Å². The lowest BCUT2D eigenvalue weighted by Crippen LogP contribution is -2.06. The highest BCUT2D eigenvalue weighted by atomic mass is 16.3. The molecule has 0 amide bonds. The molecular formula is C131H84N10O. The van der Waals surface area contributed by atoms with Crippen molar-refractivity contribution in [2.45, 2.75) is 0 Å². The van der Waals surface area contributed by atoms with Gasteiger partial charge in [0.15, 0.2) is 11.6 Å². The molecule has 8 heterocycles. The third-order valence-corrected chi connectivity index (χ3v) is 27.9. The lowest BCUT2D eigenvalue weighted by atomic mass is 9.98. The van der Waals surface area contributed by atoms with E-state index in [4.69, 9.17) is 29.3 Å². The highest BCUT2D eigenvalue weighted by Crippen LogP contribution is 2.46. The zero-order valence-electron chi connectivity index (χ0n) is 76.9. The number of benzene rings is 21. The van der Waals surface area contributed by atoms with Crippen molar-refractivity contribution >= 4 is 142 Å². The lowest BCUT2D eigenvalue weighted by Gasteiger charge is -2.14. The number of furan rings is 1. The van der Waals surface area contributed by atoms with Gasteiger partial charge in [-0.3, -0.25) is 9.13 Å². The summed E-state index contributed by atoms with van der Waals surface area (Å²) in [6.07, 6.45) is 0. The molecule has 8 aromatic heterocycles. The smallest absolute Gasteiger partial charge is 0.238 e. The second kappa shape index (κ2) is 34.5. The SMILES string of the molecule is c1ccc(-c2cc(-c3ccccc3)cc(-n3c4ccccc4c4c5oc6ccccc6c5ccc43)c2)cc1.c1ccc(-c2cccc(-n3c4ccccc4c4cc(-c5ccc6c(c5)c5ccccc5n6-c5nc(-c6ccccc6)c6ccccc6n5)ccc43)c2)cc1.c1ccc(-c2nc(-c3ccccc3)nc(-n3c4ccccc4c4cc(-c5ccc6c(c5)c5ccccc5n6-c5ccccc5)ccc43)n2)cc1. The van der Waals surface area contributed by atoms with Gasteiger partial charge in [0.2, 0.25) is 11.9 Å². The fourth-order valence-electron chi connectivity index (χ4n) is 21.4. The minimum Gasteiger partial charge on any atom is -0.455 e. The van der Waals surface area contributed by atoms with Gasteiger partial charge in [-0.2, -0.15) is 9.97 Å². The second-order valence-electron chi connectivity index (χ2n) is 36.1. The van der Waals surface area contributed by atoms with Crippen LogP contribution in [0.3, 0.4) is 0 Å². The Bertz CT molecular complexity index is 9860. The summed E-state index contributed by atoms with van der Waals surface area (Å²) >= 11 is 0. The third kappa shape index (κ3) is 14.2. The average molecular weight is 1810 g/mol. The Morgan fingerprint density at radius 2 is 0.472 bits per heavy atom. The number of rotatable bonds is 13. The van der Waals surface area contributed by atoms with E-state index in [1.54, 1.807) is 0 Å². The van der Waals surface area contributed by atoms with Crippen LogP contribution in [-0.4, -0.2) is 47.8 Å². The van der Waals surface area contributed by atoms with Crippen LogP contribution in [-0.2, 0) is 0 Å². The standard InChI is InChI=1S/C50H32N4.C45H29N5.C36H23NO/c1-3-14-33(15-4-1)35-18-13-19-38(30-35)53-45-24-11-8-20-39(45)42-31-36(26-28-47(42)53)37-27-29-48-43(32-37)40-21-9-12-25-46(40)54(48)50-51-44-23-10-7-22-41(44)49(52-50)34-16-5-2-6-17-34;1-4-14-30(15-5-1)43-46-44(31-16-6-2-7-17-31)48-45(47-43)50-40-23-13-11-21-36(40)38-29-33(25-27-42(38)50)32-24-26-41-37(28-32)35-20-10-12-22-39(35)49(41)34-18-8-3-9-19-34;1-3-11-24(12-4-1)26-21-27(25-13-5-2-6-14-25)23-28(22-26)37-32-17-9-7-16-31(32)35-33(37)20-19-30-29-15-8-10-18-34(29)38-36(30)35/h1-32H;1-29H;1-23H. The summed E-state index contributed by atoms with van der Waals surface area (Å²) < 4.78 is 18.0. The predicted molar refractivity (Wildman–Crippen MR) is 588 cm³/mol. The number of fused-ring (bicyclic) bond motifs is 20. The molecule has 0 spiro atoms. The second-order valence-corrected chi connectivity index (χ2v) is 36.1. The Hall–Kier alpha value is -19.2. The van der Waals surface area contributed by atoms with Crippen LogP contribution in [0.1, 0.15) is 0 Å². The van der Waals surface area contributed by atoms with Gasteiger partial charge >= 0.3 is 0 Å². The maximum Gasteiger partial charge on any atom is 0.238 e. The fourth-order valence-corrected chi connectivity index (χ4v) is 21.4. The van der Waals surface area contributed by atoms with E-state index in [-0.39, 0.29) is 0 Å². The molecule has 29 rings (SSSR count). The topological polar surface area (TPSA) is 102 Å². The Labute approximate surface area is 816 Å². The molecule has 11 nitrogen and oxygen atoms in total. The van der Waals surface area contributed by atoms with Gasteiger partial charge in [0.25, 0.3) is 0 Å². The van der Waals surface area contributed by atoms with Gasteiger partial charge < -0.3 is 18.1 Å². The van der Waals surface area contributed by atoms with E-state index in [0.29, 0.717) is 23.5 Å². The van der Waals surface area contributed by atoms with Crippen LogP contribution in [0, 0.1) is 0 Å². The largest absolute Gasteiger partial charge is 0.455 e. The molecule has 142 heavy (non-hydrogen) atoms. The summed E-state index contributed by atoms with van der Waals surface area (Å²) in [5.41, 5.74) is 33.3. The van der Waals surface area contributed by atoms with E-state index in [2.05, 4.69) is 454 Å². The van der Waals surface area contributed by atoms with Gasteiger partial charge in [0.1, 0.15) is 11.2 Å². The molecule has 0 aliphatic heterocycles. The average Bonchev–Trinajstić information content (AvgIpc) is 1.58. The van der Waals surface area contributed by atoms with E-state index in [1.807, 2.05) is 78.9 Å². The quantitative estimate of drug-likeness (QED) is 0.114. The van der Waals surface area contributed by atoms with Crippen LogP contribution in [0.25, 0.3) is 260 Å². The molecule has 0 unspecified atom stereocenters. The third-order valence-electron chi connectivity index (χ3n) is 27.9. The molecule has 0 bridgehead atoms. The summed E-state index contributed by atoms with van der Waals surface area (Å²) in [5, 5.41) is 15.3. The number of nitrogens with zero attached hydrogens (tertiary/aromatic N) is 10. The molecule has 11 heteroatoms. The molecule has 21 aromatic carbocycles. The molecule has 0 aliphatic carbocycles. The molecule has 0 atom stereocenters. The van der Waals surface area contributed by atoms with Crippen LogP contribution in [0.4, 0.5) is 0 Å². The summed E-state index contributed by atoms with van der Waals surface area (Å²) in [7, 11) is 0. The summed E-state index contributed by atoms with van der Waals surface area (Å²) in [5.74, 6) is 2.53. The molecule has 0 fully saturated rings. The van der Waals surface area contributed by atoms with E-state index in [0.717, 1.165) is 122 Å². The first kappa shape index (κ1) is 82.3. The Morgan fingerprint density at radius 3 is 0.951 bits per heavy atom. The molecule has 0 radical (unpaired) electrons.